The first kappa shape index (κ1) is 16.2. The highest BCUT2D eigenvalue weighted by Gasteiger charge is 2.20. The first-order chi connectivity index (χ1) is 11.0. The number of nitro benzene ring substituents is 1. The van der Waals surface area contributed by atoms with Gasteiger partial charge in [0.2, 0.25) is 0 Å². The average Bonchev–Trinajstić information content (AvgIpc) is 2.54. The van der Waals surface area contributed by atoms with Crippen LogP contribution in [0.5, 0.6) is 5.75 Å². The topological polar surface area (TPSA) is 120 Å². The zero-order chi connectivity index (χ0) is 17.0. The molecule has 0 bridgehead atoms. The van der Waals surface area contributed by atoms with E-state index in [2.05, 4.69) is 4.98 Å². The molecule has 8 heteroatoms. The number of nitro groups is 1. The molecule has 0 aliphatic heterocycles. The maximum absolute atomic E-state index is 12.3. The molecule has 2 rings (SSSR count). The van der Waals surface area contributed by atoms with Crippen molar-refractivity contribution in [1.82, 2.24) is 4.98 Å². The number of nitrogens with zero attached hydrogens (tertiary/aromatic N) is 2. The molecule has 0 unspecified atom stereocenters. The van der Waals surface area contributed by atoms with Crippen LogP contribution < -0.4 is 4.74 Å². The lowest BCUT2D eigenvalue weighted by Crippen LogP contribution is -2.16. The van der Waals surface area contributed by atoms with Crippen molar-refractivity contribution in [3.05, 3.63) is 63.0 Å². The van der Waals surface area contributed by atoms with E-state index in [4.69, 9.17) is 4.74 Å². The highest BCUT2D eigenvalue weighted by atomic mass is 16.6. The van der Waals surface area contributed by atoms with Crippen LogP contribution >= 0.6 is 0 Å². The van der Waals surface area contributed by atoms with Crippen molar-refractivity contribution in [2.24, 2.45) is 0 Å². The van der Waals surface area contributed by atoms with Crippen LogP contribution in [0.4, 0.5) is 5.69 Å². The minimum absolute atomic E-state index is 0.00640. The quantitative estimate of drug-likeness (QED) is 0.294. The largest absolute Gasteiger partial charge is 0.423 e. The zero-order valence-corrected chi connectivity index (χ0v) is 12.1. The van der Waals surface area contributed by atoms with Gasteiger partial charge in [-0.1, -0.05) is 0 Å². The Morgan fingerprint density at radius 3 is 2.57 bits per heavy atom. The number of aromatic nitrogens is 1. The lowest BCUT2D eigenvalue weighted by Gasteiger charge is -2.11. The van der Waals surface area contributed by atoms with Crippen LogP contribution in [-0.4, -0.2) is 27.3 Å². The number of rotatable bonds is 5. The number of aryl methyl sites for hydroxylation is 1. The van der Waals surface area contributed by atoms with Crippen LogP contribution in [0.1, 0.15) is 32.0 Å². The number of hydrogen-bond acceptors (Lipinski definition) is 7. The Morgan fingerprint density at radius 2 is 2.04 bits per heavy atom. The maximum Gasteiger partial charge on any atom is 0.346 e. The molecule has 0 spiro atoms. The Balaban J connectivity index is 2.34. The molecule has 2 aromatic rings. The summed E-state index contributed by atoms with van der Waals surface area (Å²) in [7, 11) is 0. The van der Waals surface area contributed by atoms with Gasteiger partial charge in [0.25, 0.3) is 5.69 Å². The van der Waals surface area contributed by atoms with Crippen LogP contribution in [0, 0.1) is 17.0 Å². The SMILES string of the molecule is Cc1ncc(CO)c(C=O)c1C(=O)Oc1ccc([N+](=O)[O-])cc1. The molecule has 1 aromatic carbocycles. The zero-order valence-electron chi connectivity index (χ0n) is 12.1. The summed E-state index contributed by atoms with van der Waals surface area (Å²) in [4.78, 5) is 37.4. The number of esters is 1. The summed E-state index contributed by atoms with van der Waals surface area (Å²) in [6.07, 6.45) is 1.76. The first-order valence-corrected chi connectivity index (χ1v) is 6.49. The second kappa shape index (κ2) is 6.75. The highest BCUT2D eigenvalue weighted by Crippen LogP contribution is 2.21. The van der Waals surface area contributed by atoms with E-state index in [9.17, 15) is 24.8 Å². The van der Waals surface area contributed by atoms with Gasteiger partial charge in [0.15, 0.2) is 6.29 Å². The molecule has 1 heterocycles. The number of ether oxygens (including phenoxy) is 1. The van der Waals surface area contributed by atoms with Crippen molar-refractivity contribution in [3.8, 4) is 5.75 Å². The second-order valence-electron chi connectivity index (χ2n) is 4.57. The number of carbonyl (C=O) groups is 2. The van der Waals surface area contributed by atoms with E-state index < -0.39 is 17.5 Å². The fraction of sp³-hybridized carbons (Fsp3) is 0.133. The summed E-state index contributed by atoms with van der Waals surface area (Å²) in [5.74, 6) is -0.743. The summed E-state index contributed by atoms with van der Waals surface area (Å²) in [6.45, 7) is 1.08. The Hall–Kier alpha value is -3.13. The van der Waals surface area contributed by atoms with Crippen LogP contribution in [0.15, 0.2) is 30.5 Å². The smallest absolute Gasteiger partial charge is 0.346 e. The molecule has 23 heavy (non-hydrogen) atoms. The number of aldehydes is 1. The fourth-order valence-electron chi connectivity index (χ4n) is 1.98. The number of benzene rings is 1. The predicted molar refractivity (Wildman–Crippen MR) is 78.3 cm³/mol. The third kappa shape index (κ3) is 3.38. The minimum Gasteiger partial charge on any atom is -0.423 e. The van der Waals surface area contributed by atoms with E-state index in [1.165, 1.54) is 37.4 Å². The molecule has 0 aliphatic rings. The second-order valence-corrected chi connectivity index (χ2v) is 4.57. The van der Waals surface area contributed by atoms with Crippen molar-refractivity contribution in [2.75, 3.05) is 0 Å². The van der Waals surface area contributed by atoms with Gasteiger partial charge < -0.3 is 9.84 Å². The van der Waals surface area contributed by atoms with Crippen LogP contribution in [0.2, 0.25) is 0 Å². The lowest BCUT2D eigenvalue weighted by atomic mass is 10.0. The van der Waals surface area contributed by atoms with Crippen molar-refractivity contribution in [2.45, 2.75) is 13.5 Å². The van der Waals surface area contributed by atoms with Gasteiger partial charge in [-0.3, -0.25) is 19.9 Å². The van der Waals surface area contributed by atoms with Gasteiger partial charge in [-0.2, -0.15) is 0 Å². The van der Waals surface area contributed by atoms with Crippen molar-refractivity contribution in [1.29, 1.82) is 0 Å². The monoisotopic (exact) mass is 316 g/mol. The normalized spacial score (nSPS) is 10.2. The molecule has 0 saturated carbocycles. The van der Waals surface area contributed by atoms with Crippen LogP contribution in [0.25, 0.3) is 0 Å². The maximum atomic E-state index is 12.3. The van der Waals surface area contributed by atoms with Gasteiger partial charge in [0.1, 0.15) is 5.75 Å². The van der Waals surface area contributed by atoms with Gasteiger partial charge in [0, 0.05) is 29.5 Å². The average molecular weight is 316 g/mol. The summed E-state index contributed by atoms with van der Waals surface area (Å²) >= 11 is 0. The number of aliphatic hydroxyl groups is 1. The summed E-state index contributed by atoms with van der Waals surface area (Å²) in [6, 6.07) is 4.93. The predicted octanol–water partition coefficient (Wildman–Crippen LogP) is 1.82. The van der Waals surface area contributed by atoms with E-state index in [-0.39, 0.29) is 33.8 Å². The molecular weight excluding hydrogens is 304 g/mol. The molecule has 8 nitrogen and oxygen atoms in total. The molecular formula is C15H12N2O6. The van der Waals surface area contributed by atoms with E-state index in [1.807, 2.05) is 0 Å². The molecule has 1 aromatic heterocycles. The Kier molecular flexibility index (Phi) is 4.77. The van der Waals surface area contributed by atoms with Gasteiger partial charge in [0.05, 0.1) is 22.8 Å². The Bertz CT molecular complexity index is 770. The number of pyridine rings is 1. The standard InChI is InChI=1S/C15H12N2O6/c1-9-14(13(8-19)10(7-18)6-16-9)15(20)23-12-4-2-11(3-5-12)17(21)22/h2-6,8,18H,7H2,1H3. The molecule has 0 aliphatic carbocycles. The molecule has 1 N–H and O–H groups in total. The number of hydrogen-bond donors (Lipinski definition) is 1. The number of carbonyl (C=O) groups excluding carboxylic acids is 2. The van der Waals surface area contributed by atoms with Crippen LogP contribution in [-0.2, 0) is 6.61 Å². The summed E-state index contributed by atoms with van der Waals surface area (Å²) in [5, 5.41) is 19.8. The van der Waals surface area contributed by atoms with E-state index in [1.54, 1.807) is 0 Å². The fourth-order valence-corrected chi connectivity index (χ4v) is 1.98. The lowest BCUT2D eigenvalue weighted by molar-refractivity contribution is -0.384. The van der Waals surface area contributed by atoms with Gasteiger partial charge in [-0.05, 0) is 19.1 Å². The molecule has 0 fully saturated rings. The molecule has 0 saturated heterocycles. The van der Waals surface area contributed by atoms with E-state index >= 15 is 0 Å². The van der Waals surface area contributed by atoms with Crippen molar-refractivity contribution >= 4 is 17.9 Å². The van der Waals surface area contributed by atoms with E-state index in [0.717, 1.165) is 0 Å². The Labute approximate surface area is 130 Å². The highest BCUT2D eigenvalue weighted by molar-refractivity contribution is 6.00. The van der Waals surface area contributed by atoms with E-state index in [0.29, 0.717) is 6.29 Å². The molecule has 0 radical (unpaired) electrons. The number of aliphatic hydroxyl groups excluding tert-OH is 1. The molecule has 0 amide bonds. The minimum atomic E-state index is -0.832. The van der Waals surface area contributed by atoms with Crippen molar-refractivity contribution < 1.29 is 24.4 Å². The summed E-state index contributed by atoms with van der Waals surface area (Å²) in [5.41, 5.74) is 0.299. The molecule has 0 atom stereocenters. The van der Waals surface area contributed by atoms with Crippen LogP contribution in [0.3, 0.4) is 0 Å². The molecule has 118 valence electrons. The van der Waals surface area contributed by atoms with Gasteiger partial charge >= 0.3 is 5.97 Å². The summed E-state index contributed by atoms with van der Waals surface area (Å²) < 4.78 is 5.12. The third-order valence-corrected chi connectivity index (χ3v) is 3.14. The Morgan fingerprint density at radius 1 is 1.39 bits per heavy atom. The number of non-ortho nitro benzene ring substituents is 1. The van der Waals surface area contributed by atoms with Gasteiger partial charge in [-0.15, -0.1) is 0 Å². The van der Waals surface area contributed by atoms with Crippen molar-refractivity contribution in [3.63, 3.8) is 0 Å². The third-order valence-electron chi connectivity index (χ3n) is 3.14. The van der Waals surface area contributed by atoms with Gasteiger partial charge in [-0.25, -0.2) is 4.79 Å². The first-order valence-electron chi connectivity index (χ1n) is 6.49.